The maximum atomic E-state index is 12.5. The molecule has 0 bridgehead atoms. The highest BCUT2D eigenvalue weighted by Gasteiger charge is 2.27. The van der Waals surface area contributed by atoms with Crippen LogP contribution in [0.3, 0.4) is 0 Å². The number of sulfonamides is 1. The van der Waals surface area contributed by atoms with Crippen LogP contribution in [0.25, 0.3) is 0 Å². The first-order valence-electron chi connectivity index (χ1n) is 9.24. The first kappa shape index (κ1) is 23.1. The molecule has 1 aliphatic heterocycles. The Labute approximate surface area is 182 Å². The zero-order chi connectivity index (χ0) is 22.4. The number of nitrogens with one attached hydrogen (secondary N) is 1. The Balaban J connectivity index is 1.50. The Hall–Kier alpha value is -2.57. The van der Waals surface area contributed by atoms with Gasteiger partial charge in [0.25, 0.3) is 5.91 Å². The Bertz CT molecular complexity index is 1030. The van der Waals surface area contributed by atoms with Crippen LogP contribution < -0.4 is 10.1 Å². The summed E-state index contributed by atoms with van der Waals surface area (Å²) in [5.74, 6) is -1.49. The molecule has 166 valence electrons. The molecule has 0 radical (unpaired) electrons. The molecule has 1 saturated heterocycles. The van der Waals surface area contributed by atoms with E-state index in [9.17, 15) is 26.8 Å². The van der Waals surface area contributed by atoms with Crippen molar-refractivity contribution in [2.24, 2.45) is 0 Å². The summed E-state index contributed by atoms with van der Waals surface area (Å²) >= 11 is 1.04. The molecule has 0 atom stereocenters. The average molecular weight is 472 g/mol. The fourth-order valence-electron chi connectivity index (χ4n) is 2.84. The fourth-order valence-corrected chi connectivity index (χ4v) is 4.95. The van der Waals surface area contributed by atoms with Crippen molar-refractivity contribution in [2.45, 2.75) is 29.4 Å². The van der Waals surface area contributed by atoms with E-state index in [1.54, 1.807) is 0 Å². The van der Waals surface area contributed by atoms with E-state index in [1.165, 1.54) is 46.9 Å². The lowest BCUT2D eigenvalue weighted by atomic mass is 10.2. The van der Waals surface area contributed by atoms with Crippen molar-refractivity contribution in [3.63, 3.8) is 0 Å². The van der Waals surface area contributed by atoms with Crippen LogP contribution in [0, 0.1) is 0 Å². The zero-order valence-corrected chi connectivity index (χ0v) is 17.8. The molecule has 3 rings (SSSR count). The molecule has 1 N–H and O–H groups in total. The maximum Gasteiger partial charge on any atom is 0.387 e. The standard InChI is InChI=1S/C19H19F2N3O5S2/c20-19(21)29-14-5-3-13(4-6-14)18(26)23-16(25)12-30-17-8-7-15(11-22-17)31(27,28)24-9-1-2-10-24/h3-8,11,19H,1-2,9-10,12H2,(H,23,25,26). The number of halogens is 2. The van der Waals surface area contributed by atoms with Crippen molar-refractivity contribution in [3.8, 4) is 5.75 Å². The number of alkyl halides is 2. The summed E-state index contributed by atoms with van der Waals surface area (Å²) in [6.45, 7) is -1.98. The minimum Gasteiger partial charge on any atom is -0.435 e. The molecular formula is C19H19F2N3O5S2. The normalized spacial score (nSPS) is 14.5. The zero-order valence-electron chi connectivity index (χ0n) is 16.2. The van der Waals surface area contributed by atoms with Gasteiger partial charge in [-0.25, -0.2) is 13.4 Å². The van der Waals surface area contributed by atoms with Gasteiger partial charge in [-0.15, -0.1) is 0 Å². The summed E-state index contributed by atoms with van der Waals surface area (Å²) in [5.41, 5.74) is 0.106. The van der Waals surface area contributed by atoms with Crippen LogP contribution in [0.5, 0.6) is 5.75 Å². The van der Waals surface area contributed by atoms with E-state index in [4.69, 9.17) is 0 Å². The van der Waals surface area contributed by atoms with Gasteiger partial charge in [-0.05, 0) is 49.2 Å². The number of pyridine rings is 1. The van der Waals surface area contributed by atoms with Gasteiger partial charge in [0.1, 0.15) is 10.6 Å². The lowest BCUT2D eigenvalue weighted by Gasteiger charge is -2.15. The Morgan fingerprint density at radius 1 is 1.13 bits per heavy atom. The maximum absolute atomic E-state index is 12.5. The van der Waals surface area contributed by atoms with Crippen molar-refractivity contribution in [1.82, 2.24) is 14.6 Å². The molecule has 31 heavy (non-hydrogen) atoms. The van der Waals surface area contributed by atoms with Crippen molar-refractivity contribution in [3.05, 3.63) is 48.2 Å². The number of ether oxygens (including phenoxy) is 1. The molecule has 0 unspecified atom stereocenters. The van der Waals surface area contributed by atoms with Crippen LogP contribution in [-0.2, 0) is 14.8 Å². The number of benzene rings is 1. The topological polar surface area (TPSA) is 106 Å². The van der Waals surface area contributed by atoms with Crippen LogP contribution >= 0.6 is 11.8 Å². The van der Waals surface area contributed by atoms with E-state index in [2.05, 4.69) is 15.0 Å². The Morgan fingerprint density at radius 2 is 1.81 bits per heavy atom. The number of aromatic nitrogens is 1. The fraction of sp³-hybridized carbons (Fsp3) is 0.316. The molecule has 0 saturated carbocycles. The molecule has 1 aromatic carbocycles. The highest BCUT2D eigenvalue weighted by molar-refractivity contribution is 7.99. The van der Waals surface area contributed by atoms with Crippen molar-refractivity contribution < 1.29 is 31.5 Å². The summed E-state index contributed by atoms with van der Waals surface area (Å²) in [7, 11) is -3.56. The molecule has 8 nitrogen and oxygen atoms in total. The molecular weight excluding hydrogens is 452 g/mol. The van der Waals surface area contributed by atoms with Gasteiger partial charge in [-0.2, -0.15) is 13.1 Å². The Morgan fingerprint density at radius 3 is 2.39 bits per heavy atom. The molecule has 2 heterocycles. The van der Waals surface area contributed by atoms with E-state index >= 15 is 0 Å². The first-order valence-corrected chi connectivity index (χ1v) is 11.7. The first-order chi connectivity index (χ1) is 14.8. The highest BCUT2D eigenvalue weighted by Crippen LogP contribution is 2.22. The lowest BCUT2D eigenvalue weighted by molar-refractivity contribution is -0.117. The van der Waals surface area contributed by atoms with Gasteiger partial charge >= 0.3 is 6.61 Å². The van der Waals surface area contributed by atoms with Crippen LogP contribution in [0.4, 0.5) is 8.78 Å². The minimum atomic E-state index is -3.56. The van der Waals surface area contributed by atoms with E-state index in [0.29, 0.717) is 18.1 Å². The Kier molecular flexibility index (Phi) is 7.57. The predicted octanol–water partition coefficient (Wildman–Crippen LogP) is 2.52. The van der Waals surface area contributed by atoms with Gasteiger partial charge in [0.2, 0.25) is 15.9 Å². The van der Waals surface area contributed by atoms with Crippen LogP contribution in [0.2, 0.25) is 0 Å². The van der Waals surface area contributed by atoms with E-state index in [1.807, 2.05) is 0 Å². The average Bonchev–Trinajstić information content (AvgIpc) is 3.28. The van der Waals surface area contributed by atoms with Crippen molar-refractivity contribution >= 4 is 33.6 Å². The quantitative estimate of drug-likeness (QED) is 0.590. The summed E-state index contributed by atoms with van der Waals surface area (Å²) in [5, 5.41) is 2.61. The molecule has 0 spiro atoms. The molecule has 12 heteroatoms. The molecule has 1 aromatic heterocycles. The number of carbonyl (C=O) groups is 2. The number of hydrogen-bond acceptors (Lipinski definition) is 7. The largest absolute Gasteiger partial charge is 0.435 e. The number of thioether (sulfide) groups is 1. The lowest BCUT2D eigenvalue weighted by Crippen LogP contribution is -2.31. The molecule has 2 aromatic rings. The second-order valence-corrected chi connectivity index (χ2v) is 9.45. The number of imide groups is 1. The van der Waals surface area contributed by atoms with Crippen LogP contribution in [0.15, 0.2) is 52.5 Å². The number of amides is 2. The number of hydrogen-bond donors (Lipinski definition) is 1. The van der Waals surface area contributed by atoms with Gasteiger partial charge in [-0.3, -0.25) is 14.9 Å². The van der Waals surface area contributed by atoms with Gasteiger partial charge in [-0.1, -0.05) is 11.8 Å². The minimum absolute atomic E-state index is 0.0950. The van der Waals surface area contributed by atoms with Gasteiger partial charge in [0.05, 0.1) is 10.8 Å². The molecule has 1 fully saturated rings. The second-order valence-electron chi connectivity index (χ2n) is 6.51. The second kappa shape index (κ2) is 10.2. The van der Waals surface area contributed by atoms with Gasteiger partial charge in [0, 0.05) is 24.8 Å². The third-order valence-electron chi connectivity index (χ3n) is 4.36. The third-order valence-corrected chi connectivity index (χ3v) is 7.18. The highest BCUT2D eigenvalue weighted by atomic mass is 32.2. The summed E-state index contributed by atoms with van der Waals surface area (Å²) in [4.78, 5) is 28.2. The van der Waals surface area contributed by atoms with E-state index in [0.717, 1.165) is 24.6 Å². The van der Waals surface area contributed by atoms with Crippen LogP contribution in [0.1, 0.15) is 23.2 Å². The summed E-state index contributed by atoms with van der Waals surface area (Å²) in [6, 6.07) is 7.85. The molecule has 1 aliphatic rings. The number of nitrogens with zero attached hydrogens (tertiary/aromatic N) is 2. The smallest absolute Gasteiger partial charge is 0.387 e. The summed E-state index contributed by atoms with van der Waals surface area (Å²) in [6.07, 6.45) is 2.92. The molecule has 2 amide bonds. The number of carbonyl (C=O) groups excluding carboxylic acids is 2. The third kappa shape index (κ3) is 6.21. The van der Waals surface area contributed by atoms with Crippen LogP contribution in [-0.4, -0.2) is 55.0 Å². The van der Waals surface area contributed by atoms with Crippen molar-refractivity contribution in [1.29, 1.82) is 0 Å². The van der Waals surface area contributed by atoms with Gasteiger partial charge in [0.15, 0.2) is 0 Å². The summed E-state index contributed by atoms with van der Waals surface area (Å²) < 4.78 is 54.8. The van der Waals surface area contributed by atoms with Crippen molar-refractivity contribution in [2.75, 3.05) is 18.8 Å². The van der Waals surface area contributed by atoms with E-state index < -0.39 is 28.4 Å². The molecule has 0 aliphatic carbocycles. The monoisotopic (exact) mass is 471 g/mol. The van der Waals surface area contributed by atoms with Gasteiger partial charge < -0.3 is 4.74 Å². The predicted molar refractivity (Wildman–Crippen MR) is 109 cm³/mol. The number of rotatable bonds is 8. The van der Waals surface area contributed by atoms with E-state index in [-0.39, 0.29) is 22.0 Å². The SMILES string of the molecule is O=C(CSc1ccc(S(=O)(=O)N2CCCC2)cn1)NC(=O)c1ccc(OC(F)F)cc1.